The van der Waals surface area contributed by atoms with Crippen molar-refractivity contribution < 1.29 is 9.90 Å². The van der Waals surface area contributed by atoms with E-state index in [1.165, 1.54) is 0 Å². The van der Waals surface area contributed by atoms with E-state index in [0.29, 0.717) is 0 Å². The summed E-state index contributed by atoms with van der Waals surface area (Å²) in [5, 5.41) is 8.82. The normalized spacial score (nSPS) is 20.9. The van der Waals surface area contributed by atoms with Gasteiger partial charge in [-0.3, -0.25) is 0 Å². The molecule has 3 nitrogen and oxygen atoms in total. The highest BCUT2D eigenvalue weighted by Gasteiger charge is 2.33. The molecule has 0 unspecified atom stereocenters. The summed E-state index contributed by atoms with van der Waals surface area (Å²) >= 11 is 0. The number of carbonyl (C=O) groups is 1. The second-order valence-electron chi connectivity index (χ2n) is 3.17. The average Bonchev–Trinajstić information content (AvgIpc) is 2.02. The number of para-hydroxylation sites is 1. The number of carboxylic acid groups (broad SMARTS) is 1. The summed E-state index contributed by atoms with van der Waals surface area (Å²) in [7, 11) is 0. The van der Waals surface area contributed by atoms with Crippen molar-refractivity contribution in [3.8, 4) is 0 Å². The lowest BCUT2D eigenvalue weighted by atomic mass is 10.0. The van der Waals surface area contributed by atoms with Crippen LogP contribution in [0.25, 0.3) is 0 Å². The van der Waals surface area contributed by atoms with E-state index in [9.17, 15) is 4.79 Å². The molecule has 1 N–H and O–H groups in total. The maximum absolute atomic E-state index is 10.7. The van der Waals surface area contributed by atoms with E-state index >= 15 is 0 Å². The van der Waals surface area contributed by atoms with E-state index in [2.05, 4.69) is 0 Å². The Morgan fingerprint density at radius 2 is 2.08 bits per heavy atom. The van der Waals surface area contributed by atoms with Crippen LogP contribution in [-0.4, -0.2) is 23.7 Å². The molecule has 1 heterocycles. The SMILES string of the molecule is O=C(O)[C@@H]1CCN1c1ccccc1. The molecule has 1 aliphatic heterocycles. The van der Waals surface area contributed by atoms with Crippen LogP contribution in [0.5, 0.6) is 0 Å². The van der Waals surface area contributed by atoms with Crippen LogP contribution in [0, 0.1) is 0 Å². The molecule has 1 atom stereocenters. The fourth-order valence-corrected chi connectivity index (χ4v) is 1.57. The Morgan fingerprint density at radius 1 is 1.38 bits per heavy atom. The van der Waals surface area contributed by atoms with Crippen molar-refractivity contribution in [3.63, 3.8) is 0 Å². The zero-order valence-electron chi connectivity index (χ0n) is 7.18. The number of aliphatic carboxylic acids is 1. The van der Waals surface area contributed by atoms with Gasteiger partial charge < -0.3 is 10.0 Å². The molecule has 1 fully saturated rings. The Morgan fingerprint density at radius 3 is 2.54 bits per heavy atom. The van der Waals surface area contributed by atoms with Crippen LogP contribution in [-0.2, 0) is 4.79 Å². The largest absolute Gasteiger partial charge is 0.480 e. The lowest BCUT2D eigenvalue weighted by Crippen LogP contribution is -2.52. The fraction of sp³-hybridized carbons (Fsp3) is 0.300. The minimum atomic E-state index is -0.727. The van der Waals surface area contributed by atoms with Crippen LogP contribution < -0.4 is 4.90 Å². The summed E-state index contributed by atoms with van der Waals surface area (Å²) in [6, 6.07) is 9.34. The molecule has 0 radical (unpaired) electrons. The second kappa shape index (κ2) is 3.09. The van der Waals surface area contributed by atoms with Crippen molar-refractivity contribution in [2.75, 3.05) is 11.4 Å². The summed E-state index contributed by atoms with van der Waals surface area (Å²) in [5.74, 6) is -0.727. The summed E-state index contributed by atoms with van der Waals surface area (Å²) < 4.78 is 0. The van der Waals surface area contributed by atoms with Gasteiger partial charge in [0.05, 0.1) is 0 Å². The van der Waals surface area contributed by atoms with Gasteiger partial charge in [0.2, 0.25) is 0 Å². The van der Waals surface area contributed by atoms with Gasteiger partial charge in [0.1, 0.15) is 6.04 Å². The Labute approximate surface area is 76.6 Å². The van der Waals surface area contributed by atoms with Crippen molar-refractivity contribution in [1.82, 2.24) is 0 Å². The van der Waals surface area contributed by atoms with Crippen LogP contribution in [0.4, 0.5) is 5.69 Å². The minimum absolute atomic E-state index is 0.317. The van der Waals surface area contributed by atoms with Crippen molar-refractivity contribution in [1.29, 1.82) is 0 Å². The zero-order valence-corrected chi connectivity index (χ0v) is 7.18. The highest BCUT2D eigenvalue weighted by molar-refractivity contribution is 5.80. The monoisotopic (exact) mass is 177 g/mol. The zero-order chi connectivity index (χ0) is 9.26. The highest BCUT2D eigenvalue weighted by atomic mass is 16.4. The topological polar surface area (TPSA) is 40.5 Å². The Balaban J connectivity index is 2.15. The van der Waals surface area contributed by atoms with Gasteiger partial charge in [-0.05, 0) is 18.6 Å². The van der Waals surface area contributed by atoms with Gasteiger partial charge in [-0.1, -0.05) is 18.2 Å². The first-order valence-electron chi connectivity index (χ1n) is 4.33. The van der Waals surface area contributed by atoms with Gasteiger partial charge in [-0.25, -0.2) is 4.79 Å². The van der Waals surface area contributed by atoms with Gasteiger partial charge in [0.25, 0.3) is 0 Å². The van der Waals surface area contributed by atoms with Crippen LogP contribution >= 0.6 is 0 Å². The summed E-state index contributed by atoms with van der Waals surface area (Å²) in [6.45, 7) is 0.848. The van der Waals surface area contributed by atoms with E-state index < -0.39 is 5.97 Å². The molecule has 0 aromatic heterocycles. The van der Waals surface area contributed by atoms with E-state index in [1.807, 2.05) is 35.2 Å². The van der Waals surface area contributed by atoms with Crippen LogP contribution in [0.15, 0.2) is 30.3 Å². The lowest BCUT2D eigenvalue weighted by molar-refractivity contribution is -0.139. The number of nitrogens with zero attached hydrogens (tertiary/aromatic N) is 1. The number of anilines is 1. The van der Waals surface area contributed by atoms with Gasteiger partial charge in [-0.15, -0.1) is 0 Å². The van der Waals surface area contributed by atoms with E-state index in [-0.39, 0.29) is 6.04 Å². The molecule has 2 rings (SSSR count). The quantitative estimate of drug-likeness (QED) is 0.741. The van der Waals surface area contributed by atoms with Gasteiger partial charge in [-0.2, -0.15) is 0 Å². The Hall–Kier alpha value is -1.51. The molecule has 68 valence electrons. The number of hydrogen-bond donors (Lipinski definition) is 1. The average molecular weight is 177 g/mol. The summed E-state index contributed by atoms with van der Waals surface area (Å²) in [4.78, 5) is 12.6. The number of rotatable bonds is 2. The molecule has 13 heavy (non-hydrogen) atoms. The predicted molar refractivity (Wildman–Crippen MR) is 49.8 cm³/mol. The fourth-order valence-electron chi connectivity index (χ4n) is 1.57. The molecule has 1 aromatic rings. The highest BCUT2D eigenvalue weighted by Crippen LogP contribution is 2.25. The maximum Gasteiger partial charge on any atom is 0.326 e. The Kier molecular flexibility index (Phi) is 1.93. The van der Waals surface area contributed by atoms with Crippen LogP contribution in [0.3, 0.4) is 0 Å². The van der Waals surface area contributed by atoms with Crippen molar-refractivity contribution >= 4 is 11.7 Å². The van der Waals surface area contributed by atoms with E-state index in [4.69, 9.17) is 5.11 Å². The van der Waals surface area contributed by atoms with E-state index in [1.54, 1.807) is 0 Å². The number of carboxylic acids is 1. The molecule has 0 bridgehead atoms. The molecule has 1 aromatic carbocycles. The van der Waals surface area contributed by atoms with Gasteiger partial charge in [0.15, 0.2) is 0 Å². The molecule has 3 heteroatoms. The van der Waals surface area contributed by atoms with Crippen molar-refractivity contribution in [3.05, 3.63) is 30.3 Å². The second-order valence-corrected chi connectivity index (χ2v) is 3.17. The van der Waals surface area contributed by atoms with Crippen molar-refractivity contribution in [2.45, 2.75) is 12.5 Å². The Bertz CT molecular complexity index is 310. The first-order valence-corrected chi connectivity index (χ1v) is 4.33. The third kappa shape index (κ3) is 1.37. The number of hydrogen-bond acceptors (Lipinski definition) is 2. The lowest BCUT2D eigenvalue weighted by Gasteiger charge is -2.39. The smallest absolute Gasteiger partial charge is 0.326 e. The number of benzene rings is 1. The third-order valence-electron chi connectivity index (χ3n) is 2.39. The molecule has 1 aliphatic rings. The molecule has 0 aliphatic carbocycles. The summed E-state index contributed by atoms with van der Waals surface area (Å²) in [6.07, 6.45) is 0.754. The predicted octanol–water partition coefficient (Wildman–Crippen LogP) is 1.35. The molecular weight excluding hydrogens is 166 g/mol. The van der Waals surface area contributed by atoms with Crippen LogP contribution in [0.1, 0.15) is 6.42 Å². The van der Waals surface area contributed by atoms with E-state index in [0.717, 1.165) is 18.7 Å². The van der Waals surface area contributed by atoms with Crippen LogP contribution in [0.2, 0.25) is 0 Å². The first kappa shape index (κ1) is 8.10. The standard InChI is InChI=1S/C10H11NO2/c12-10(13)9-6-7-11(9)8-4-2-1-3-5-8/h1-5,9H,6-7H2,(H,12,13)/t9-/m0/s1. The van der Waals surface area contributed by atoms with Crippen molar-refractivity contribution in [2.24, 2.45) is 0 Å². The molecule has 0 spiro atoms. The van der Waals surface area contributed by atoms with Gasteiger partial charge >= 0.3 is 5.97 Å². The van der Waals surface area contributed by atoms with Gasteiger partial charge in [0, 0.05) is 12.2 Å². The molecule has 0 saturated carbocycles. The molecular formula is C10H11NO2. The third-order valence-corrected chi connectivity index (χ3v) is 2.39. The molecule has 0 amide bonds. The molecule has 1 saturated heterocycles. The summed E-state index contributed by atoms with van der Waals surface area (Å²) in [5.41, 5.74) is 1.00. The minimum Gasteiger partial charge on any atom is -0.480 e. The first-order chi connectivity index (χ1) is 6.29. The maximum atomic E-state index is 10.7.